The topological polar surface area (TPSA) is 53.4 Å². The summed E-state index contributed by atoms with van der Waals surface area (Å²) in [5, 5.41) is 7.66. The molecular weight excluding hydrogens is 393 g/mol. The third-order valence-electron chi connectivity index (χ3n) is 5.55. The van der Waals surface area contributed by atoms with Gasteiger partial charge in [0, 0.05) is 38.8 Å². The van der Waals surface area contributed by atoms with E-state index in [1.165, 1.54) is 16.8 Å². The fourth-order valence-corrected chi connectivity index (χ4v) is 4.09. The lowest BCUT2D eigenvalue weighted by molar-refractivity contribution is 0.0790. The highest BCUT2D eigenvalue weighted by atomic mass is 35.5. The molecule has 0 saturated carbocycles. The fourth-order valence-electron chi connectivity index (χ4n) is 3.74. The van der Waals surface area contributed by atoms with Gasteiger partial charge in [0.15, 0.2) is 0 Å². The van der Waals surface area contributed by atoms with Gasteiger partial charge in [-0.2, -0.15) is 5.10 Å². The largest absolute Gasteiger partial charge is 0.350 e. The number of aromatic nitrogens is 2. The van der Waals surface area contributed by atoms with Gasteiger partial charge in [-0.1, -0.05) is 25.4 Å². The number of nitrogens with zero attached hydrogens (tertiary/aromatic N) is 4. The molecule has 1 amide bonds. The van der Waals surface area contributed by atoms with Gasteiger partial charge in [0.25, 0.3) is 5.91 Å². The van der Waals surface area contributed by atoms with Crippen molar-refractivity contribution in [2.75, 3.05) is 39.8 Å². The van der Waals surface area contributed by atoms with Crippen molar-refractivity contribution >= 4 is 17.5 Å². The zero-order valence-corrected chi connectivity index (χ0v) is 18.2. The molecule has 1 N–H and O–H groups in total. The van der Waals surface area contributed by atoms with E-state index in [1.54, 1.807) is 19.1 Å². The lowest BCUT2D eigenvalue weighted by Gasteiger charge is -2.39. The molecule has 29 heavy (non-hydrogen) atoms. The second kappa shape index (κ2) is 9.24. The number of nitrogens with one attached hydrogen (secondary N) is 1. The molecule has 0 bridgehead atoms. The first-order valence-corrected chi connectivity index (χ1v) is 10.4. The van der Waals surface area contributed by atoms with Crippen LogP contribution in [0.25, 0.3) is 5.69 Å². The van der Waals surface area contributed by atoms with Gasteiger partial charge in [0.2, 0.25) is 0 Å². The van der Waals surface area contributed by atoms with E-state index in [-0.39, 0.29) is 22.9 Å². The zero-order chi connectivity index (χ0) is 21.1. The minimum absolute atomic E-state index is 0.229. The molecule has 3 rings (SSSR count). The molecule has 1 saturated heterocycles. The molecule has 1 aromatic carbocycles. The molecule has 1 atom stereocenters. The van der Waals surface area contributed by atoms with E-state index in [9.17, 15) is 9.18 Å². The quantitative estimate of drug-likeness (QED) is 0.779. The Morgan fingerprint density at radius 1 is 1.21 bits per heavy atom. The number of amides is 1. The van der Waals surface area contributed by atoms with Crippen molar-refractivity contribution in [3.63, 3.8) is 0 Å². The van der Waals surface area contributed by atoms with E-state index in [2.05, 4.69) is 41.1 Å². The zero-order valence-electron chi connectivity index (χ0n) is 17.5. The van der Waals surface area contributed by atoms with E-state index < -0.39 is 0 Å². The van der Waals surface area contributed by atoms with Crippen molar-refractivity contribution in [1.29, 1.82) is 0 Å². The molecule has 1 aromatic heterocycles. The molecule has 158 valence electrons. The SMILES string of the molecule is Cc1nn(-c2ccc(F)cc2)c(Cl)c1C(=O)NCC(C(C)C)N1CCN(C)CC1. The number of aryl methyl sites for hydroxylation is 1. The molecule has 1 fully saturated rings. The van der Waals surface area contributed by atoms with E-state index >= 15 is 0 Å². The Labute approximate surface area is 176 Å². The summed E-state index contributed by atoms with van der Waals surface area (Å²) in [7, 11) is 2.13. The molecule has 6 nitrogen and oxygen atoms in total. The first-order chi connectivity index (χ1) is 13.8. The molecular formula is C21H29ClFN5O. The lowest BCUT2D eigenvalue weighted by Crippen LogP contribution is -2.54. The summed E-state index contributed by atoms with van der Waals surface area (Å²) < 4.78 is 14.7. The summed E-state index contributed by atoms with van der Waals surface area (Å²) in [5.41, 5.74) is 1.51. The van der Waals surface area contributed by atoms with Crippen molar-refractivity contribution in [3.05, 3.63) is 46.5 Å². The van der Waals surface area contributed by atoms with E-state index in [0.29, 0.717) is 29.4 Å². The second-order valence-corrected chi connectivity index (χ2v) is 8.36. The number of halogens is 2. The Morgan fingerprint density at radius 3 is 2.41 bits per heavy atom. The van der Waals surface area contributed by atoms with Gasteiger partial charge < -0.3 is 10.2 Å². The number of rotatable bonds is 6. The summed E-state index contributed by atoms with van der Waals surface area (Å²) in [6.07, 6.45) is 0. The van der Waals surface area contributed by atoms with Gasteiger partial charge in [-0.15, -0.1) is 0 Å². The van der Waals surface area contributed by atoms with Crippen LogP contribution in [0.15, 0.2) is 24.3 Å². The Bertz CT molecular complexity index is 844. The van der Waals surface area contributed by atoms with E-state index in [4.69, 9.17) is 11.6 Å². The smallest absolute Gasteiger partial charge is 0.256 e. The van der Waals surface area contributed by atoms with Crippen molar-refractivity contribution in [2.45, 2.75) is 26.8 Å². The molecule has 0 radical (unpaired) electrons. The molecule has 0 aliphatic carbocycles. The summed E-state index contributed by atoms with van der Waals surface area (Å²) in [5.74, 6) is -0.159. The lowest BCUT2D eigenvalue weighted by atomic mass is 10.0. The monoisotopic (exact) mass is 421 g/mol. The Morgan fingerprint density at radius 2 is 1.83 bits per heavy atom. The normalized spacial score (nSPS) is 16.9. The van der Waals surface area contributed by atoms with Gasteiger partial charge in [-0.05, 0) is 44.2 Å². The predicted octanol–water partition coefficient (Wildman–Crippen LogP) is 2.98. The van der Waals surface area contributed by atoms with Crippen LogP contribution in [-0.4, -0.2) is 71.3 Å². The number of carbonyl (C=O) groups is 1. The maximum atomic E-state index is 13.2. The fraction of sp³-hybridized carbons (Fsp3) is 0.524. The van der Waals surface area contributed by atoms with Gasteiger partial charge in [-0.25, -0.2) is 9.07 Å². The molecule has 2 heterocycles. The van der Waals surface area contributed by atoms with E-state index in [0.717, 1.165) is 26.2 Å². The first kappa shape index (κ1) is 21.7. The van der Waals surface area contributed by atoms with Crippen LogP contribution in [0.5, 0.6) is 0 Å². The van der Waals surface area contributed by atoms with Crippen LogP contribution in [0, 0.1) is 18.7 Å². The van der Waals surface area contributed by atoms with Crippen molar-refractivity contribution in [1.82, 2.24) is 24.9 Å². The van der Waals surface area contributed by atoms with Crippen LogP contribution >= 0.6 is 11.6 Å². The van der Waals surface area contributed by atoms with Crippen LogP contribution in [0.4, 0.5) is 4.39 Å². The minimum atomic E-state index is -0.338. The molecule has 2 aromatic rings. The van der Waals surface area contributed by atoms with Crippen LogP contribution < -0.4 is 5.32 Å². The summed E-state index contributed by atoms with van der Waals surface area (Å²) >= 11 is 6.47. The Kier molecular flexibility index (Phi) is 6.93. The van der Waals surface area contributed by atoms with Gasteiger partial charge in [-0.3, -0.25) is 9.69 Å². The van der Waals surface area contributed by atoms with E-state index in [1.807, 2.05) is 0 Å². The second-order valence-electron chi connectivity index (χ2n) is 8.00. The van der Waals surface area contributed by atoms with Crippen LogP contribution in [-0.2, 0) is 0 Å². The molecule has 8 heteroatoms. The number of likely N-dealkylation sites (N-methyl/N-ethyl adjacent to an activating group) is 1. The number of benzene rings is 1. The Balaban J connectivity index is 1.72. The number of hydrogen-bond acceptors (Lipinski definition) is 4. The molecule has 1 aliphatic rings. The average molecular weight is 422 g/mol. The third-order valence-corrected chi connectivity index (χ3v) is 5.90. The first-order valence-electron chi connectivity index (χ1n) is 9.99. The molecule has 1 unspecified atom stereocenters. The highest BCUT2D eigenvalue weighted by molar-refractivity contribution is 6.33. The standard InChI is InChI=1S/C21H29ClFN5O/c1-14(2)18(27-11-9-26(4)10-12-27)13-24-21(29)19-15(3)25-28(20(19)22)17-7-5-16(23)6-8-17/h5-8,14,18H,9-13H2,1-4H3,(H,24,29). The highest BCUT2D eigenvalue weighted by Crippen LogP contribution is 2.24. The van der Waals surface area contributed by atoms with Crippen LogP contribution in [0.2, 0.25) is 5.15 Å². The van der Waals surface area contributed by atoms with Crippen molar-refractivity contribution in [3.8, 4) is 5.69 Å². The highest BCUT2D eigenvalue weighted by Gasteiger charge is 2.27. The molecule has 1 aliphatic heterocycles. The number of piperazine rings is 1. The number of hydrogen-bond donors (Lipinski definition) is 1. The van der Waals surface area contributed by atoms with Crippen LogP contribution in [0.1, 0.15) is 29.9 Å². The van der Waals surface area contributed by atoms with Crippen molar-refractivity contribution < 1.29 is 9.18 Å². The average Bonchev–Trinajstić information content (AvgIpc) is 2.98. The van der Waals surface area contributed by atoms with Gasteiger partial charge in [0.05, 0.1) is 16.9 Å². The Hall–Kier alpha value is -1.96. The number of carbonyl (C=O) groups excluding carboxylic acids is 1. The third kappa shape index (κ3) is 4.97. The predicted molar refractivity (Wildman–Crippen MR) is 113 cm³/mol. The molecule has 0 spiro atoms. The van der Waals surface area contributed by atoms with Crippen molar-refractivity contribution in [2.24, 2.45) is 5.92 Å². The van der Waals surface area contributed by atoms with Crippen LogP contribution in [0.3, 0.4) is 0 Å². The summed E-state index contributed by atoms with van der Waals surface area (Å²) in [6, 6.07) is 6.10. The van der Waals surface area contributed by atoms with Gasteiger partial charge >= 0.3 is 0 Å². The summed E-state index contributed by atoms with van der Waals surface area (Å²) in [4.78, 5) is 17.7. The van der Waals surface area contributed by atoms with Gasteiger partial charge in [0.1, 0.15) is 11.0 Å². The summed E-state index contributed by atoms with van der Waals surface area (Å²) in [6.45, 7) is 10.7. The maximum absolute atomic E-state index is 13.2. The minimum Gasteiger partial charge on any atom is -0.350 e. The maximum Gasteiger partial charge on any atom is 0.256 e.